The third-order valence-corrected chi connectivity index (χ3v) is 3.26. The van der Waals surface area contributed by atoms with E-state index < -0.39 is 5.91 Å². The lowest BCUT2D eigenvalue weighted by molar-refractivity contribution is -0.120. The van der Waals surface area contributed by atoms with E-state index >= 15 is 0 Å². The molecule has 1 N–H and O–H groups in total. The standard InChI is InChI=1S/C16H19N3O5/c1-10-7-15(18-24-10)17-16(21)9-19(11(2)20)12-5-6-13(22-3)14(8-12)23-4/h5-8H,9H2,1-4H3,(H,17,18,21). The van der Waals surface area contributed by atoms with Gasteiger partial charge in [0.1, 0.15) is 12.3 Å². The molecule has 128 valence electrons. The van der Waals surface area contributed by atoms with Crippen molar-refractivity contribution in [2.75, 3.05) is 31.0 Å². The highest BCUT2D eigenvalue weighted by Gasteiger charge is 2.18. The first-order chi connectivity index (χ1) is 11.4. The number of rotatable bonds is 6. The van der Waals surface area contributed by atoms with Crippen LogP contribution in [0.25, 0.3) is 0 Å². The lowest BCUT2D eigenvalue weighted by atomic mass is 10.2. The highest BCUT2D eigenvalue weighted by Crippen LogP contribution is 2.31. The van der Waals surface area contributed by atoms with E-state index in [2.05, 4.69) is 10.5 Å². The van der Waals surface area contributed by atoms with Gasteiger partial charge >= 0.3 is 0 Å². The maximum Gasteiger partial charge on any atom is 0.245 e. The summed E-state index contributed by atoms with van der Waals surface area (Å²) < 4.78 is 15.3. The smallest absolute Gasteiger partial charge is 0.245 e. The van der Waals surface area contributed by atoms with Crippen LogP contribution in [-0.2, 0) is 9.59 Å². The summed E-state index contributed by atoms with van der Waals surface area (Å²) in [7, 11) is 3.02. The first-order valence-electron chi connectivity index (χ1n) is 7.18. The summed E-state index contributed by atoms with van der Waals surface area (Å²) in [5, 5.41) is 6.26. The maximum atomic E-state index is 12.1. The highest BCUT2D eigenvalue weighted by molar-refractivity contribution is 6.01. The number of ether oxygens (including phenoxy) is 2. The van der Waals surface area contributed by atoms with Crippen LogP contribution in [0.1, 0.15) is 12.7 Å². The fraction of sp³-hybridized carbons (Fsp3) is 0.312. The van der Waals surface area contributed by atoms with Crippen LogP contribution in [0, 0.1) is 6.92 Å². The SMILES string of the molecule is COc1ccc(N(CC(=O)Nc2cc(C)on2)C(C)=O)cc1OC. The van der Waals surface area contributed by atoms with Crippen molar-refractivity contribution in [2.24, 2.45) is 0 Å². The van der Waals surface area contributed by atoms with Gasteiger partial charge in [-0.1, -0.05) is 5.16 Å². The molecule has 0 aliphatic heterocycles. The Kier molecular flexibility index (Phi) is 5.41. The number of carbonyl (C=O) groups is 2. The molecule has 0 fully saturated rings. The second-order valence-electron chi connectivity index (χ2n) is 5.02. The Morgan fingerprint density at radius 2 is 1.92 bits per heavy atom. The van der Waals surface area contributed by atoms with E-state index in [0.29, 0.717) is 28.8 Å². The largest absolute Gasteiger partial charge is 0.493 e. The summed E-state index contributed by atoms with van der Waals surface area (Å²) in [5.74, 6) is 1.20. The van der Waals surface area contributed by atoms with E-state index in [1.54, 1.807) is 31.2 Å². The van der Waals surface area contributed by atoms with Crippen LogP contribution < -0.4 is 19.7 Å². The van der Waals surface area contributed by atoms with Gasteiger partial charge in [-0.05, 0) is 19.1 Å². The number of aryl methyl sites for hydroxylation is 1. The molecule has 0 saturated carbocycles. The Hall–Kier alpha value is -3.03. The van der Waals surface area contributed by atoms with Crippen LogP contribution in [0.4, 0.5) is 11.5 Å². The zero-order valence-corrected chi connectivity index (χ0v) is 14.0. The number of aromatic nitrogens is 1. The second kappa shape index (κ2) is 7.49. The van der Waals surface area contributed by atoms with Gasteiger partial charge in [0.25, 0.3) is 0 Å². The Morgan fingerprint density at radius 1 is 1.21 bits per heavy atom. The van der Waals surface area contributed by atoms with Crippen LogP contribution in [0.2, 0.25) is 0 Å². The molecule has 0 bridgehead atoms. The summed E-state index contributed by atoms with van der Waals surface area (Å²) in [6, 6.07) is 6.57. The molecule has 8 heteroatoms. The van der Waals surface area contributed by atoms with Gasteiger partial charge in [-0.25, -0.2) is 0 Å². The summed E-state index contributed by atoms with van der Waals surface area (Å²) in [5.41, 5.74) is 0.520. The van der Waals surface area contributed by atoms with Gasteiger partial charge in [0.15, 0.2) is 17.3 Å². The van der Waals surface area contributed by atoms with E-state index in [1.165, 1.54) is 26.0 Å². The number of anilines is 2. The van der Waals surface area contributed by atoms with Crippen molar-refractivity contribution < 1.29 is 23.6 Å². The van der Waals surface area contributed by atoms with E-state index in [9.17, 15) is 9.59 Å². The molecule has 0 atom stereocenters. The molecule has 2 rings (SSSR count). The van der Waals surface area contributed by atoms with Gasteiger partial charge in [-0.3, -0.25) is 9.59 Å². The zero-order chi connectivity index (χ0) is 17.7. The molecule has 24 heavy (non-hydrogen) atoms. The first kappa shape index (κ1) is 17.3. The predicted molar refractivity (Wildman–Crippen MR) is 87.4 cm³/mol. The molecule has 0 aliphatic carbocycles. The Balaban J connectivity index is 2.17. The molecule has 0 saturated heterocycles. The predicted octanol–water partition coefficient (Wildman–Crippen LogP) is 1.99. The molecule has 0 spiro atoms. The molecule has 1 aromatic heterocycles. The third kappa shape index (κ3) is 4.03. The van der Waals surface area contributed by atoms with Crippen molar-refractivity contribution in [2.45, 2.75) is 13.8 Å². The topological polar surface area (TPSA) is 93.9 Å². The number of nitrogens with one attached hydrogen (secondary N) is 1. The van der Waals surface area contributed by atoms with Crippen molar-refractivity contribution in [1.82, 2.24) is 5.16 Å². The second-order valence-corrected chi connectivity index (χ2v) is 5.02. The molecule has 8 nitrogen and oxygen atoms in total. The fourth-order valence-electron chi connectivity index (χ4n) is 2.13. The minimum atomic E-state index is -0.395. The number of carbonyl (C=O) groups excluding carboxylic acids is 2. The molecular formula is C16H19N3O5. The first-order valence-corrected chi connectivity index (χ1v) is 7.18. The molecular weight excluding hydrogens is 314 g/mol. The van der Waals surface area contributed by atoms with Crippen molar-refractivity contribution in [3.63, 3.8) is 0 Å². The lowest BCUT2D eigenvalue weighted by Gasteiger charge is -2.21. The van der Waals surface area contributed by atoms with Crippen LogP contribution in [-0.4, -0.2) is 37.7 Å². The Bertz CT molecular complexity index is 741. The van der Waals surface area contributed by atoms with E-state index in [-0.39, 0.29) is 12.5 Å². The molecule has 0 radical (unpaired) electrons. The average molecular weight is 333 g/mol. The zero-order valence-electron chi connectivity index (χ0n) is 14.0. The minimum absolute atomic E-state index is 0.170. The van der Waals surface area contributed by atoms with E-state index in [1.807, 2.05) is 0 Å². The summed E-state index contributed by atoms with van der Waals surface area (Å²) in [6.07, 6.45) is 0. The van der Waals surface area contributed by atoms with Crippen LogP contribution in [0.15, 0.2) is 28.8 Å². The molecule has 0 unspecified atom stereocenters. The molecule has 2 amide bonds. The fourth-order valence-corrected chi connectivity index (χ4v) is 2.13. The Labute approximate surface area is 139 Å². The molecule has 1 heterocycles. The van der Waals surface area contributed by atoms with E-state index in [4.69, 9.17) is 14.0 Å². The van der Waals surface area contributed by atoms with Gasteiger partial charge in [0.2, 0.25) is 11.8 Å². The normalized spacial score (nSPS) is 10.2. The number of methoxy groups -OCH3 is 2. The third-order valence-electron chi connectivity index (χ3n) is 3.26. The highest BCUT2D eigenvalue weighted by atomic mass is 16.5. The van der Waals surface area contributed by atoms with E-state index in [0.717, 1.165) is 0 Å². The van der Waals surface area contributed by atoms with Crippen molar-refractivity contribution in [3.8, 4) is 11.5 Å². The molecule has 1 aromatic carbocycles. The Morgan fingerprint density at radius 3 is 2.46 bits per heavy atom. The van der Waals surface area contributed by atoms with Gasteiger partial charge in [-0.2, -0.15) is 0 Å². The van der Waals surface area contributed by atoms with Gasteiger partial charge in [0.05, 0.1) is 14.2 Å². The van der Waals surface area contributed by atoms with Crippen LogP contribution in [0.5, 0.6) is 11.5 Å². The van der Waals surface area contributed by atoms with Gasteiger partial charge in [-0.15, -0.1) is 0 Å². The minimum Gasteiger partial charge on any atom is -0.493 e. The summed E-state index contributed by atoms with van der Waals surface area (Å²) in [6.45, 7) is 2.93. The summed E-state index contributed by atoms with van der Waals surface area (Å²) in [4.78, 5) is 25.4. The van der Waals surface area contributed by atoms with Crippen LogP contribution >= 0.6 is 0 Å². The number of benzene rings is 1. The van der Waals surface area contributed by atoms with Crippen molar-refractivity contribution in [3.05, 3.63) is 30.0 Å². The number of amides is 2. The molecule has 0 aliphatic rings. The monoisotopic (exact) mass is 333 g/mol. The van der Waals surface area contributed by atoms with Gasteiger partial charge in [0, 0.05) is 24.7 Å². The van der Waals surface area contributed by atoms with Crippen molar-refractivity contribution in [1.29, 1.82) is 0 Å². The summed E-state index contributed by atoms with van der Waals surface area (Å²) >= 11 is 0. The average Bonchev–Trinajstić information content (AvgIpc) is 2.96. The van der Waals surface area contributed by atoms with Crippen molar-refractivity contribution >= 4 is 23.3 Å². The quantitative estimate of drug-likeness (QED) is 0.869. The van der Waals surface area contributed by atoms with Gasteiger partial charge < -0.3 is 24.2 Å². The lowest BCUT2D eigenvalue weighted by Crippen LogP contribution is -2.36. The number of hydrogen-bond acceptors (Lipinski definition) is 6. The maximum absolute atomic E-state index is 12.1. The van der Waals surface area contributed by atoms with Crippen LogP contribution in [0.3, 0.4) is 0 Å². The number of nitrogens with zero attached hydrogens (tertiary/aromatic N) is 2. The molecule has 2 aromatic rings. The number of hydrogen-bond donors (Lipinski definition) is 1.